The van der Waals surface area contributed by atoms with E-state index in [9.17, 15) is 22.8 Å². The first-order valence-corrected chi connectivity index (χ1v) is 11.1. The van der Waals surface area contributed by atoms with Crippen LogP contribution in [0.15, 0.2) is 34.7 Å². The summed E-state index contributed by atoms with van der Waals surface area (Å²) in [5.74, 6) is -0.783. The standard InChI is InChI=1S/C19H20F3N3O3S2/c20-19(21,22)13-5-7-14(8-6-13)25(10-12-3-1-2-4-12)18(28)24-17-23-9-16(30-17)29-11-15(26)27/h5-9,12H,1-4,10-11H2,(H,26,27)(H,23,24,28). The number of benzene rings is 1. The van der Waals surface area contributed by atoms with Gasteiger partial charge >= 0.3 is 18.2 Å². The number of alkyl halides is 3. The molecule has 0 bridgehead atoms. The van der Waals surface area contributed by atoms with E-state index in [0.717, 1.165) is 60.9 Å². The van der Waals surface area contributed by atoms with Gasteiger partial charge in [-0.15, -0.1) is 11.8 Å². The van der Waals surface area contributed by atoms with Gasteiger partial charge in [-0.3, -0.25) is 15.0 Å². The fourth-order valence-electron chi connectivity index (χ4n) is 3.26. The summed E-state index contributed by atoms with van der Waals surface area (Å²) in [6, 6.07) is 4.05. The van der Waals surface area contributed by atoms with Gasteiger partial charge in [-0.05, 0) is 43.0 Å². The number of carbonyl (C=O) groups is 2. The van der Waals surface area contributed by atoms with Gasteiger partial charge < -0.3 is 5.11 Å². The van der Waals surface area contributed by atoms with E-state index in [4.69, 9.17) is 5.11 Å². The van der Waals surface area contributed by atoms with E-state index < -0.39 is 23.7 Å². The number of thioether (sulfide) groups is 1. The first kappa shape index (κ1) is 22.4. The largest absolute Gasteiger partial charge is 0.481 e. The van der Waals surface area contributed by atoms with Crippen LogP contribution in [0.1, 0.15) is 31.2 Å². The number of carbonyl (C=O) groups excluding carboxylic acids is 1. The maximum atomic E-state index is 12.9. The topological polar surface area (TPSA) is 82.5 Å². The molecule has 6 nitrogen and oxygen atoms in total. The van der Waals surface area contributed by atoms with Crippen molar-refractivity contribution in [3.63, 3.8) is 0 Å². The minimum absolute atomic E-state index is 0.116. The second kappa shape index (κ2) is 9.69. The Bertz CT molecular complexity index is 881. The summed E-state index contributed by atoms with van der Waals surface area (Å²) in [7, 11) is 0. The highest BCUT2D eigenvalue weighted by molar-refractivity contribution is 8.01. The van der Waals surface area contributed by atoms with Gasteiger partial charge in [0.1, 0.15) is 0 Å². The molecule has 0 atom stereocenters. The van der Waals surface area contributed by atoms with Gasteiger partial charge in [0.25, 0.3) is 0 Å². The van der Waals surface area contributed by atoms with Crippen molar-refractivity contribution < 1.29 is 27.9 Å². The summed E-state index contributed by atoms with van der Waals surface area (Å²) in [4.78, 5) is 29.1. The van der Waals surface area contributed by atoms with E-state index in [1.165, 1.54) is 23.2 Å². The summed E-state index contributed by atoms with van der Waals surface area (Å²) >= 11 is 2.24. The lowest BCUT2D eigenvalue weighted by molar-refractivity contribution is -0.137. The number of urea groups is 1. The third kappa shape index (κ3) is 6.11. The van der Waals surface area contributed by atoms with Gasteiger partial charge in [0, 0.05) is 12.2 Å². The fourth-order valence-corrected chi connectivity index (χ4v) is 4.84. The Kier molecular flexibility index (Phi) is 7.24. The van der Waals surface area contributed by atoms with Gasteiger partial charge in [-0.1, -0.05) is 24.2 Å². The van der Waals surface area contributed by atoms with Crippen LogP contribution in [0, 0.1) is 5.92 Å². The highest BCUT2D eigenvalue weighted by atomic mass is 32.2. The van der Waals surface area contributed by atoms with Crippen LogP contribution in [0.3, 0.4) is 0 Å². The third-order valence-corrected chi connectivity index (χ3v) is 6.80. The summed E-state index contributed by atoms with van der Waals surface area (Å²) in [5, 5.41) is 11.7. The molecule has 0 radical (unpaired) electrons. The molecular weight excluding hydrogens is 439 g/mol. The molecule has 2 amide bonds. The Hall–Kier alpha value is -2.27. The molecule has 1 aromatic carbocycles. The van der Waals surface area contributed by atoms with Crippen LogP contribution >= 0.6 is 23.1 Å². The number of anilines is 2. The van der Waals surface area contributed by atoms with Crippen LogP contribution in [0.2, 0.25) is 0 Å². The molecular formula is C19H20F3N3O3S2. The SMILES string of the molecule is O=C(O)CSc1cnc(NC(=O)N(CC2CCCC2)c2ccc(C(F)(F)F)cc2)s1. The van der Waals surface area contributed by atoms with Crippen molar-refractivity contribution in [2.75, 3.05) is 22.5 Å². The zero-order valence-electron chi connectivity index (χ0n) is 15.8. The fraction of sp³-hybridized carbons (Fsp3) is 0.421. The molecule has 0 unspecified atom stereocenters. The lowest BCUT2D eigenvalue weighted by Gasteiger charge is -2.26. The van der Waals surface area contributed by atoms with Gasteiger partial charge in [-0.2, -0.15) is 13.2 Å². The van der Waals surface area contributed by atoms with E-state index in [2.05, 4.69) is 10.3 Å². The summed E-state index contributed by atoms with van der Waals surface area (Å²) in [6.45, 7) is 0.406. The van der Waals surface area contributed by atoms with Crippen LogP contribution in [-0.2, 0) is 11.0 Å². The zero-order chi connectivity index (χ0) is 21.7. The maximum absolute atomic E-state index is 12.9. The highest BCUT2D eigenvalue weighted by Gasteiger charge is 2.31. The quantitative estimate of drug-likeness (QED) is 0.529. The summed E-state index contributed by atoms with van der Waals surface area (Å²) in [5.41, 5.74) is -0.392. The Labute approximate surface area is 179 Å². The molecule has 3 rings (SSSR count). The average molecular weight is 460 g/mol. The van der Waals surface area contributed by atoms with Crippen molar-refractivity contribution in [1.29, 1.82) is 0 Å². The molecule has 1 fully saturated rings. The van der Waals surface area contributed by atoms with Crippen LogP contribution in [0.4, 0.5) is 28.8 Å². The van der Waals surface area contributed by atoms with Crippen LogP contribution in [0.5, 0.6) is 0 Å². The van der Waals surface area contributed by atoms with Crippen molar-refractivity contribution in [2.24, 2.45) is 5.92 Å². The van der Waals surface area contributed by atoms with Crippen molar-refractivity contribution in [3.8, 4) is 0 Å². The molecule has 1 saturated carbocycles. The molecule has 11 heteroatoms. The van der Waals surface area contributed by atoms with Crippen molar-refractivity contribution >= 4 is 45.9 Å². The minimum Gasteiger partial charge on any atom is -0.481 e. The molecule has 1 aliphatic rings. The highest BCUT2D eigenvalue weighted by Crippen LogP contribution is 2.33. The predicted molar refractivity (Wildman–Crippen MR) is 110 cm³/mol. The zero-order valence-corrected chi connectivity index (χ0v) is 17.4. The van der Waals surface area contributed by atoms with E-state index in [-0.39, 0.29) is 11.7 Å². The van der Waals surface area contributed by atoms with E-state index >= 15 is 0 Å². The lowest BCUT2D eigenvalue weighted by atomic mass is 10.1. The number of nitrogens with one attached hydrogen (secondary N) is 1. The smallest absolute Gasteiger partial charge is 0.416 e. The number of hydrogen-bond donors (Lipinski definition) is 2. The molecule has 1 heterocycles. The average Bonchev–Trinajstić information content (AvgIpc) is 3.35. The number of aromatic nitrogens is 1. The van der Waals surface area contributed by atoms with Gasteiger partial charge in [-0.25, -0.2) is 9.78 Å². The number of thiazole rings is 1. The minimum atomic E-state index is -4.44. The number of nitrogens with zero attached hydrogens (tertiary/aromatic N) is 2. The number of carboxylic acid groups (broad SMARTS) is 1. The summed E-state index contributed by atoms with van der Waals surface area (Å²) < 4.78 is 39.3. The maximum Gasteiger partial charge on any atom is 0.416 e. The Morgan fingerprint density at radius 3 is 2.50 bits per heavy atom. The molecule has 0 aliphatic heterocycles. The molecule has 0 spiro atoms. The lowest BCUT2D eigenvalue weighted by Crippen LogP contribution is -2.38. The Balaban J connectivity index is 1.74. The number of aliphatic carboxylic acids is 1. The normalized spacial score (nSPS) is 14.6. The van der Waals surface area contributed by atoms with Gasteiger partial charge in [0.15, 0.2) is 5.13 Å². The van der Waals surface area contributed by atoms with Crippen molar-refractivity contribution in [2.45, 2.75) is 36.1 Å². The van der Waals surface area contributed by atoms with Gasteiger partial charge in [0.2, 0.25) is 0 Å². The van der Waals surface area contributed by atoms with Crippen LogP contribution < -0.4 is 10.2 Å². The predicted octanol–water partition coefficient (Wildman–Crippen LogP) is 5.57. The summed E-state index contributed by atoms with van der Waals surface area (Å²) in [6.07, 6.45) is 1.12. The van der Waals surface area contributed by atoms with Gasteiger partial charge in [0.05, 0.1) is 21.7 Å². The molecule has 0 saturated heterocycles. The molecule has 1 aromatic heterocycles. The first-order valence-electron chi connectivity index (χ1n) is 9.28. The molecule has 1 aliphatic carbocycles. The van der Waals surface area contributed by atoms with E-state index in [1.54, 1.807) is 0 Å². The molecule has 2 N–H and O–H groups in total. The second-order valence-corrected chi connectivity index (χ2v) is 9.21. The van der Waals surface area contributed by atoms with E-state index in [1.807, 2.05) is 0 Å². The van der Waals surface area contributed by atoms with Crippen molar-refractivity contribution in [1.82, 2.24) is 4.98 Å². The first-order chi connectivity index (χ1) is 14.2. The second-order valence-electron chi connectivity index (χ2n) is 6.90. The Morgan fingerprint density at radius 1 is 1.23 bits per heavy atom. The molecule has 30 heavy (non-hydrogen) atoms. The van der Waals surface area contributed by atoms with E-state index in [0.29, 0.717) is 21.6 Å². The van der Waals surface area contributed by atoms with Crippen molar-refractivity contribution in [3.05, 3.63) is 36.0 Å². The number of amides is 2. The molecule has 162 valence electrons. The van der Waals surface area contributed by atoms with Crippen LogP contribution in [-0.4, -0.2) is 34.4 Å². The third-order valence-electron chi connectivity index (χ3n) is 4.70. The number of rotatable bonds is 7. The number of carboxylic acids is 1. The molecule has 2 aromatic rings. The number of halogens is 3. The Morgan fingerprint density at radius 2 is 1.90 bits per heavy atom. The van der Waals surface area contributed by atoms with Crippen LogP contribution in [0.25, 0.3) is 0 Å². The monoisotopic (exact) mass is 459 g/mol. The number of hydrogen-bond acceptors (Lipinski definition) is 5.